The Balaban J connectivity index is 1.80. The zero-order chi connectivity index (χ0) is 15.4. The number of carbonyl (C=O) groups excluding carboxylic acids is 1. The molecule has 21 heavy (non-hydrogen) atoms. The molecule has 1 saturated carbocycles. The summed E-state index contributed by atoms with van der Waals surface area (Å²) < 4.78 is 0. The van der Waals surface area contributed by atoms with Crippen molar-refractivity contribution in [3.05, 3.63) is 0 Å². The third-order valence-electron chi connectivity index (χ3n) is 5.25. The third kappa shape index (κ3) is 4.19. The molecule has 0 aromatic heterocycles. The molecule has 0 bridgehead atoms. The van der Waals surface area contributed by atoms with Crippen LogP contribution in [-0.4, -0.2) is 59.5 Å². The molecule has 1 aliphatic heterocycles. The van der Waals surface area contributed by atoms with Crippen LogP contribution in [0.5, 0.6) is 0 Å². The predicted molar refractivity (Wildman–Crippen MR) is 81.0 cm³/mol. The zero-order valence-electron chi connectivity index (χ0n) is 13.3. The topological polar surface area (TPSA) is 60.9 Å². The fourth-order valence-electron chi connectivity index (χ4n) is 3.70. The fraction of sp³-hybridized carbons (Fsp3) is 0.875. The Kier molecular flexibility index (Phi) is 5.62. The first-order valence-electron chi connectivity index (χ1n) is 8.20. The van der Waals surface area contributed by atoms with Gasteiger partial charge in [-0.3, -0.25) is 14.5 Å². The number of aliphatic carboxylic acids is 1. The molecular formula is C16H28N2O3. The molecular weight excluding hydrogens is 268 g/mol. The zero-order valence-corrected chi connectivity index (χ0v) is 13.3. The molecule has 0 spiro atoms. The van der Waals surface area contributed by atoms with Crippen LogP contribution in [0, 0.1) is 11.8 Å². The van der Waals surface area contributed by atoms with Crippen LogP contribution in [-0.2, 0) is 9.59 Å². The number of piperidine rings is 1. The minimum absolute atomic E-state index is 0.183. The lowest BCUT2D eigenvalue weighted by Crippen LogP contribution is -2.48. The minimum Gasteiger partial charge on any atom is -0.481 e. The van der Waals surface area contributed by atoms with Gasteiger partial charge in [-0.1, -0.05) is 19.8 Å². The average Bonchev–Trinajstić information content (AvgIpc) is 2.47. The van der Waals surface area contributed by atoms with Crippen molar-refractivity contribution in [3.63, 3.8) is 0 Å². The lowest BCUT2D eigenvalue weighted by Gasteiger charge is -2.38. The third-order valence-corrected chi connectivity index (χ3v) is 5.25. The molecule has 2 fully saturated rings. The van der Waals surface area contributed by atoms with Crippen molar-refractivity contribution in [1.29, 1.82) is 0 Å². The lowest BCUT2D eigenvalue weighted by atomic mass is 9.85. The van der Waals surface area contributed by atoms with Gasteiger partial charge in [0, 0.05) is 13.1 Å². The maximum absolute atomic E-state index is 12.4. The molecule has 1 saturated heterocycles. The number of carboxylic acids is 1. The number of carboxylic acid groups (broad SMARTS) is 1. The standard InChI is InChI=1S/C16H28N2O3/c1-12-5-3-4-6-14(12)17(2)15(19)11-18-9-7-13(8-10-18)16(20)21/h12-14H,3-11H2,1-2H3,(H,20,21). The van der Waals surface area contributed by atoms with Gasteiger partial charge < -0.3 is 10.0 Å². The number of hydrogen-bond acceptors (Lipinski definition) is 3. The van der Waals surface area contributed by atoms with Gasteiger partial charge in [0.15, 0.2) is 0 Å². The molecule has 2 unspecified atom stereocenters. The molecule has 1 heterocycles. The van der Waals surface area contributed by atoms with E-state index in [0.29, 0.717) is 31.3 Å². The molecule has 2 rings (SSSR count). The van der Waals surface area contributed by atoms with E-state index in [1.165, 1.54) is 19.3 Å². The van der Waals surface area contributed by atoms with Crippen molar-refractivity contribution in [2.45, 2.75) is 51.5 Å². The number of rotatable bonds is 4. The van der Waals surface area contributed by atoms with E-state index in [-0.39, 0.29) is 11.8 Å². The number of amides is 1. The highest BCUT2D eigenvalue weighted by Crippen LogP contribution is 2.27. The number of likely N-dealkylation sites (N-methyl/N-ethyl adjacent to an activating group) is 1. The summed E-state index contributed by atoms with van der Waals surface area (Å²) in [5.74, 6) is -0.158. The van der Waals surface area contributed by atoms with Crippen LogP contribution in [0.3, 0.4) is 0 Å². The van der Waals surface area contributed by atoms with Crippen molar-refractivity contribution in [2.24, 2.45) is 11.8 Å². The first-order valence-corrected chi connectivity index (χ1v) is 8.20. The molecule has 1 amide bonds. The molecule has 1 aliphatic carbocycles. The largest absolute Gasteiger partial charge is 0.481 e. The van der Waals surface area contributed by atoms with Crippen LogP contribution in [0.2, 0.25) is 0 Å². The monoisotopic (exact) mass is 296 g/mol. The minimum atomic E-state index is -0.700. The summed E-state index contributed by atoms with van der Waals surface area (Å²) in [5, 5.41) is 9.00. The van der Waals surface area contributed by atoms with Crippen LogP contribution < -0.4 is 0 Å². The van der Waals surface area contributed by atoms with Gasteiger partial charge in [-0.05, 0) is 44.7 Å². The molecule has 5 heteroatoms. The smallest absolute Gasteiger partial charge is 0.306 e. The summed E-state index contributed by atoms with van der Waals surface area (Å²) in [4.78, 5) is 27.4. The van der Waals surface area contributed by atoms with Gasteiger partial charge in [-0.2, -0.15) is 0 Å². The molecule has 5 nitrogen and oxygen atoms in total. The van der Waals surface area contributed by atoms with Crippen LogP contribution >= 0.6 is 0 Å². The first kappa shape index (κ1) is 16.3. The van der Waals surface area contributed by atoms with Crippen LogP contribution in [0.15, 0.2) is 0 Å². The molecule has 120 valence electrons. The predicted octanol–water partition coefficient (Wildman–Crippen LogP) is 1.82. The average molecular weight is 296 g/mol. The van der Waals surface area contributed by atoms with E-state index in [1.807, 2.05) is 11.9 Å². The maximum Gasteiger partial charge on any atom is 0.306 e. The van der Waals surface area contributed by atoms with E-state index in [1.54, 1.807) is 0 Å². The van der Waals surface area contributed by atoms with Gasteiger partial charge >= 0.3 is 5.97 Å². The van der Waals surface area contributed by atoms with Crippen molar-refractivity contribution < 1.29 is 14.7 Å². The molecule has 1 N–H and O–H groups in total. The molecule has 0 aromatic carbocycles. The molecule has 2 aliphatic rings. The van der Waals surface area contributed by atoms with Gasteiger partial charge in [0.2, 0.25) is 5.91 Å². The highest BCUT2D eigenvalue weighted by molar-refractivity contribution is 5.78. The molecule has 2 atom stereocenters. The summed E-state index contributed by atoms with van der Waals surface area (Å²) >= 11 is 0. The summed E-state index contributed by atoms with van der Waals surface area (Å²) in [5.41, 5.74) is 0. The Bertz CT molecular complexity index is 378. The number of nitrogens with zero attached hydrogens (tertiary/aromatic N) is 2. The van der Waals surface area contributed by atoms with Crippen LogP contribution in [0.4, 0.5) is 0 Å². The van der Waals surface area contributed by atoms with E-state index in [0.717, 1.165) is 19.5 Å². The Morgan fingerprint density at radius 3 is 2.33 bits per heavy atom. The normalized spacial score (nSPS) is 28.3. The quantitative estimate of drug-likeness (QED) is 0.859. The van der Waals surface area contributed by atoms with Gasteiger partial charge in [-0.25, -0.2) is 0 Å². The highest BCUT2D eigenvalue weighted by Gasteiger charge is 2.30. The highest BCUT2D eigenvalue weighted by atomic mass is 16.4. The lowest BCUT2D eigenvalue weighted by molar-refractivity contribution is -0.143. The van der Waals surface area contributed by atoms with E-state index >= 15 is 0 Å². The Morgan fingerprint density at radius 1 is 1.14 bits per heavy atom. The van der Waals surface area contributed by atoms with Gasteiger partial charge in [-0.15, -0.1) is 0 Å². The summed E-state index contributed by atoms with van der Waals surface area (Å²) in [7, 11) is 1.93. The summed E-state index contributed by atoms with van der Waals surface area (Å²) in [6.07, 6.45) is 6.15. The van der Waals surface area contributed by atoms with Gasteiger partial charge in [0.05, 0.1) is 12.5 Å². The molecule has 0 radical (unpaired) electrons. The van der Waals surface area contributed by atoms with Gasteiger partial charge in [0.25, 0.3) is 0 Å². The second-order valence-electron chi connectivity index (χ2n) is 6.72. The van der Waals surface area contributed by atoms with E-state index in [2.05, 4.69) is 11.8 Å². The van der Waals surface area contributed by atoms with Crippen molar-refractivity contribution >= 4 is 11.9 Å². The van der Waals surface area contributed by atoms with E-state index in [4.69, 9.17) is 5.11 Å². The fourth-order valence-corrected chi connectivity index (χ4v) is 3.70. The second-order valence-corrected chi connectivity index (χ2v) is 6.72. The summed E-state index contributed by atoms with van der Waals surface area (Å²) in [6, 6.07) is 0.378. The second kappa shape index (κ2) is 7.25. The Morgan fingerprint density at radius 2 is 1.76 bits per heavy atom. The van der Waals surface area contributed by atoms with Crippen LogP contribution in [0.1, 0.15) is 45.4 Å². The number of likely N-dealkylation sites (tertiary alicyclic amines) is 1. The van der Waals surface area contributed by atoms with Crippen molar-refractivity contribution in [3.8, 4) is 0 Å². The maximum atomic E-state index is 12.4. The SMILES string of the molecule is CC1CCCCC1N(C)C(=O)CN1CCC(C(=O)O)CC1. The first-order chi connectivity index (χ1) is 9.99. The van der Waals surface area contributed by atoms with Gasteiger partial charge in [0.1, 0.15) is 0 Å². The van der Waals surface area contributed by atoms with Crippen LogP contribution in [0.25, 0.3) is 0 Å². The van der Waals surface area contributed by atoms with Crippen molar-refractivity contribution in [1.82, 2.24) is 9.80 Å². The van der Waals surface area contributed by atoms with E-state index < -0.39 is 5.97 Å². The molecule has 0 aromatic rings. The number of carbonyl (C=O) groups is 2. The Hall–Kier alpha value is -1.10. The number of hydrogen-bond donors (Lipinski definition) is 1. The summed E-state index contributed by atoms with van der Waals surface area (Å²) in [6.45, 7) is 4.12. The van der Waals surface area contributed by atoms with Crippen molar-refractivity contribution in [2.75, 3.05) is 26.7 Å². The van der Waals surface area contributed by atoms with E-state index in [9.17, 15) is 9.59 Å². The Labute approximate surface area is 127 Å².